The zero-order chi connectivity index (χ0) is 9.23. The van der Waals surface area contributed by atoms with E-state index in [4.69, 9.17) is 9.78 Å². The maximum Gasteiger partial charge on any atom is 0.284 e. The normalized spacial score (nSPS) is 9.67. The second-order valence-electron chi connectivity index (χ2n) is 1.73. The first kappa shape index (κ1) is 11.4. The van der Waals surface area contributed by atoms with Gasteiger partial charge in [-0.2, -0.15) is 9.78 Å². The van der Waals surface area contributed by atoms with E-state index in [0.717, 1.165) is 0 Å². The van der Waals surface area contributed by atoms with Gasteiger partial charge in [0.2, 0.25) is 0 Å². The third-order valence-corrected chi connectivity index (χ3v) is 0.809. The zero-order valence-electron chi connectivity index (χ0n) is 7.62. The first-order chi connectivity index (χ1) is 5.85. The van der Waals surface area contributed by atoms with Gasteiger partial charge in [-0.1, -0.05) is 0 Å². The van der Waals surface area contributed by atoms with Crippen LogP contribution in [0.1, 0.15) is 20.8 Å². The van der Waals surface area contributed by atoms with Crippen LogP contribution in [-0.4, -0.2) is 19.5 Å². The highest BCUT2D eigenvalue weighted by molar-refractivity contribution is 4.97. The van der Waals surface area contributed by atoms with E-state index in [0.29, 0.717) is 13.2 Å². The molecule has 0 saturated heterocycles. The van der Waals surface area contributed by atoms with E-state index in [2.05, 4.69) is 21.6 Å². The van der Waals surface area contributed by atoms with Crippen molar-refractivity contribution >= 4 is 0 Å². The largest absolute Gasteiger partial charge is 0.284 e. The summed E-state index contributed by atoms with van der Waals surface area (Å²) in [6, 6.07) is 0. The summed E-state index contributed by atoms with van der Waals surface area (Å²) in [4.78, 5) is 18.7. The van der Waals surface area contributed by atoms with Crippen LogP contribution in [0, 0.1) is 11.8 Å². The molecule has 0 aromatic carbocycles. The molecule has 0 aliphatic heterocycles. The van der Waals surface area contributed by atoms with Crippen molar-refractivity contribution in [1.82, 2.24) is 0 Å². The van der Waals surface area contributed by atoms with Gasteiger partial charge in [0, 0.05) is 0 Å². The predicted octanol–water partition coefficient (Wildman–Crippen LogP) is 1.27. The summed E-state index contributed by atoms with van der Waals surface area (Å²) in [5.74, 6) is 5.23. The highest BCUT2D eigenvalue weighted by Crippen LogP contribution is 1.95. The Morgan fingerprint density at radius 3 is 1.92 bits per heavy atom. The van der Waals surface area contributed by atoms with Crippen molar-refractivity contribution < 1.29 is 19.6 Å². The molecule has 0 fully saturated rings. The molecule has 0 radical (unpaired) electrons. The summed E-state index contributed by atoms with van der Waals surface area (Å²) in [5.41, 5.74) is 0. The Hall–Kier alpha value is -0.600. The molecule has 4 heteroatoms. The Balaban J connectivity index is 3.59. The molecule has 0 atom stereocenters. The fourth-order valence-corrected chi connectivity index (χ4v) is 0.442. The van der Waals surface area contributed by atoms with E-state index >= 15 is 0 Å². The third-order valence-electron chi connectivity index (χ3n) is 0.809. The van der Waals surface area contributed by atoms with Crippen molar-refractivity contribution in [1.29, 1.82) is 0 Å². The van der Waals surface area contributed by atoms with E-state index in [1.54, 1.807) is 20.8 Å². The van der Waals surface area contributed by atoms with E-state index in [-0.39, 0.29) is 0 Å². The van der Waals surface area contributed by atoms with Gasteiger partial charge in [-0.15, -0.1) is 5.92 Å². The van der Waals surface area contributed by atoms with Gasteiger partial charge in [0.15, 0.2) is 0 Å². The number of hydrogen-bond donors (Lipinski definition) is 0. The predicted molar refractivity (Wildman–Crippen MR) is 42.7 cm³/mol. The monoisotopic (exact) mass is 174 g/mol. The standard InChI is InChI=1S/C8H14O4/c1-4-7-8(11-9-5-2)12-10-6-3/h8H,5-6H2,1-3H3. The molecule has 70 valence electrons. The Kier molecular flexibility index (Phi) is 8.07. The molecule has 0 bridgehead atoms. The van der Waals surface area contributed by atoms with Crippen molar-refractivity contribution in [3.63, 3.8) is 0 Å². The lowest BCUT2D eigenvalue weighted by molar-refractivity contribution is -0.443. The molecular weight excluding hydrogens is 160 g/mol. The summed E-state index contributed by atoms with van der Waals surface area (Å²) < 4.78 is 0. The average molecular weight is 174 g/mol. The quantitative estimate of drug-likeness (QED) is 0.263. The third kappa shape index (κ3) is 6.13. The first-order valence-electron chi connectivity index (χ1n) is 3.83. The molecule has 0 unspecified atom stereocenters. The second kappa shape index (κ2) is 8.50. The average Bonchev–Trinajstić information content (AvgIpc) is 2.10. The van der Waals surface area contributed by atoms with Crippen LogP contribution in [0.3, 0.4) is 0 Å². The van der Waals surface area contributed by atoms with Crippen molar-refractivity contribution in [2.75, 3.05) is 13.2 Å². The first-order valence-corrected chi connectivity index (χ1v) is 3.83. The zero-order valence-corrected chi connectivity index (χ0v) is 7.62. The van der Waals surface area contributed by atoms with Gasteiger partial charge < -0.3 is 0 Å². The second-order valence-corrected chi connectivity index (χ2v) is 1.73. The summed E-state index contributed by atoms with van der Waals surface area (Å²) >= 11 is 0. The van der Waals surface area contributed by atoms with Gasteiger partial charge in [-0.05, 0) is 26.7 Å². The van der Waals surface area contributed by atoms with Crippen LogP contribution in [0.5, 0.6) is 0 Å². The Labute approximate surface area is 72.6 Å². The fourth-order valence-electron chi connectivity index (χ4n) is 0.442. The van der Waals surface area contributed by atoms with Crippen LogP contribution in [0.4, 0.5) is 0 Å². The molecule has 0 spiro atoms. The lowest BCUT2D eigenvalue weighted by Crippen LogP contribution is -2.15. The van der Waals surface area contributed by atoms with Gasteiger partial charge in [0.25, 0.3) is 6.29 Å². The highest BCUT2D eigenvalue weighted by Gasteiger charge is 2.06. The van der Waals surface area contributed by atoms with Crippen LogP contribution >= 0.6 is 0 Å². The molecule has 0 saturated carbocycles. The summed E-state index contributed by atoms with van der Waals surface area (Å²) in [6.45, 7) is 6.17. The molecule has 0 aliphatic carbocycles. The van der Waals surface area contributed by atoms with E-state index in [1.807, 2.05) is 0 Å². The lowest BCUT2D eigenvalue weighted by atomic mass is 10.6. The maximum absolute atomic E-state index is 4.71. The van der Waals surface area contributed by atoms with Crippen molar-refractivity contribution in [2.45, 2.75) is 27.1 Å². The summed E-state index contributed by atoms with van der Waals surface area (Å²) in [7, 11) is 0. The van der Waals surface area contributed by atoms with Crippen LogP contribution in [0.2, 0.25) is 0 Å². The molecule has 12 heavy (non-hydrogen) atoms. The van der Waals surface area contributed by atoms with Crippen LogP contribution < -0.4 is 0 Å². The number of rotatable bonds is 6. The summed E-state index contributed by atoms with van der Waals surface area (Å²) in [5, 5.41) is 0. The van der Waals surface area contributed by atoms with E-state index < -0.39 is 6.29 Å². The molecule has 0 rings (SSSR count). The van der Waals surface area contributed by atoms with Gasteiger partial charge in [0.05, 0.1) is 13.2 Å². The minimum absolute atomic E-state index is 0.442. The van der Waals surface area contributed by atoms with Crippen LogP contribution in [0.25, 0.3) is 0 Å². The highest BCUT2D eigenvalue weighted by atomic mass is 17.3. The van der Waals surface area contributed by atoms with Crippen LogP contribution in [0.15, 0.2) is 0 Å². The maximum atomic E-state index is 4.71. The van der Waals surface area contributed by atoms with Gasteiger partial charge in [-0.3, -0.25) is 0 Å². The molecule has 0 aromatic heterocycles. The van der Waals surface area contributed by atoms with E-state index in [9.17, 15) is 0 Å². The van der Waals surface area contributed by atoms with Gasteiger partial charge in [0.1, 0.15) is 0 Å². The molecule has 0 N–H and O–H groups in total. The lowest BCUT2D eigenvalue weighted by Gasteiger charge is -2.08. The summed E-state index contributed by atoms with van der Waals surface area (Å²) in [6.07, 6.45) is -0.769. The molecule has 0 amide bonds. The molecule has 0 aromatic rings. The minimum atomic E-state index is -0.769. The number of hydrogen-bond acceptors (Lipinski definition) is 4. The van der Waals surface area contributed by atoms with Crippen molar-refractivity contribution in [3.8, 4) is 11.8 Å². The van der Waals surface area contributed by atoms with Crippen LogP contribution in [-0.2, 0) is 19.6 Å². The Morgan fingerprint density at radius 1 is 1.08 bits per heavy atom. The van der Waals surface area contributed by atoms with Gasteiger partial charge in [-0.25, -0.2) is 9.78 Å². The van der Waals surface area contributed by atoms with Crippen molar-refractivity contribution in [2.24, 2.45) is 0 Å². The van der Waals surface area contributed by atoms with E-state index in [1.165, 1.54) is 0 Å². The topological polar surface area (TPSA) is 36.9 Å². The molecule has 4 nitrogen and oxygen atoms in total. The Morgan fingerprint density at radius 2 is 1.58 bits per heavy atom. The molecular formula is C8H14O4. The Bertz CT molecular complexity index is 139. The molecule has 0 aliphatic rings. The minimum Gasteiger partial charge on any atom is -0.233 e. The fraction of sp³-hybridized carbons (Fsp3) is 0.750. The SMILES string of the molecule is CC#CC(OOCC)OOCC. The van der Waals surface area contributed by atoms with Crippen molar-refractivity contribution in [3.05, 3.63) is 0 Å². The van der Waals surface area contributed by atoms with Gasteiger partial charge >= 0.3 is 0 Å². The molecule has 0 heterocycles. The smallest absolute Gasteiger partial charge is 0.233 e.